The van der Waals surface area contributed by atoms with E-state index in [1.54, 1.807) is 22.8 Å². The van der Waals surface area contributed by atoms with E-state index in [2.05, 4.69) is 4.90 Å². The largest absolute Gasteiger partial charge is 0.307 e. The molecule has 0 bridgehead atoms. The van der Waals surface area contributed by atoms with Crippen molar-refractivity contribution in [2.45, 2.75) is 25.3 Å². The van der Waals surface area contributed by atoms with Crippen molar-refractivity contribution in [3.05, 3.63) is 46.0 Å². The van der Waals surface area contributed by atoms with Gasteiger partial charge in [0.1, 0.15) is 11.6 Å². The molecule has 0 aliphatic carbocycles. The van der Waals surface area contributed by atoms with Crippen molar-refractivity contribution < 1.29 is 9.18 Å². The lowest BCUT2D eigenvalue weighted by atomic mass is 9.97. The number of likely N-dealkylation sites (tertiary alicyclic amines) is 1. The maximum absolute atomic E-state index is 14.4. The maximum atomic E-state index is 14.4. The quantitative estimate of drug-likeness (QED) is 0.851. The van der Waals surface area contributed by atoms with Crippen LogP contribution in [0.2, 0.25) is 0 Å². The standard InChI is InChI=1S/C17H17FN2O2/c18-14-3-1-11-2-4-15(22)20-10-12(16(14)17(11)20)9-19-7-5-13(21)6-8-19/h1-4,12H,5-10H2. The highest BCUT2D eigenvalue weighted by atomic mass is 19.1. The lowest BCUT2D eigenvalue weighted by Crippen LogP contribution is -2.37. The number of hydrogen-bond donors (Lipinski definition) is 0. The minimum atomic E-state index is -0.234. The van der Waals surface area contributed by atoms with Gasteiger partial charge in [-0.05, 0) is 23.6 Å². The van der Waals surface area contributed by atoms with E-state index >= 15 is 0 Å². The second kappa shape index (κ2) is 5.02. The summed E-state index contributed by atoms with van der Waals surface area (Å²) in [6.45, 7) is 2.69. The third-order valence-electron chi connectivity index (χ3n) is 4.84. The fraction of sp³-hybridized carbons (Fsp3) is 0.412. The SMILES string of the molecule is O=C1CCN(CC2Cn3c(=O)ccc4ccc(F)c2c43)CC1. The summed E-state index contributed by atoms with van der Waals surface area (Å²) < 4.78 is 16.1. The lowest BCUT2D eigenvalue weighted by molar-refractivity contribution is -0.121. The number of Topliss-reactive ketones (excluding diaryl/α,β-unsaturated/α-hetero) is 1. The van der Waals surface area contributed by atoms with Crippen molar-refractivity contribution in [3.8, 4) is 0 Å². The molecule has 5 heteroatoms. The molecule has 0 saturated carbocycles. The molecule has 22 heavy (non-hydrogen) atoms. The van der Waals surface area contributed by atoms with Crippen LogP contribution in [0.4, 0.5) is 4.39 Å². The fourth-order valence-electron chi connectivity index (χ4n) is 3.72. The molecule has 0 spiro atoms. The first-order chi connectivity index (χ1) is 10.6. The van der Waals surface area contributed by atoms with Gasteiger partial charge >= 0.3 is 0 Å². The molecular weight excluding hydrogens is 283 g/mol. The van der Waals surface area contributed by atoms with Gasteiger partial charge < -0.3 is 9.47 Å². The Kier molecular flexibility index (Phi) is 3.11. The number of ketones is 1. The van der Waals surface area contributed by atoms with Gasteiger partial charge in [-0.15, -0.1) is 0 Å². The monoisotopic (exact) mass is 300 g/mol. The van der Waals surface area contributed by atoms with Crippen LogP contribution in [0.3, 0.4) is 0 Å². The Bertz CT molecular complexity index is 817. The van der Waals surface area contributed by atoms with Crippen LogP contribution in [0.25, 0.3) is 10.9 Å². The number of hydrogen-bond acceptors (Lipinski definition) is 3. The van der Waals surface area contributed by atoms with Crippen molar-refractivity contribution in [2.24, 2.45) is 0 Å². The van der Waals surface area contributed by atoms with Crippen molar-refractivity contribution in [2.75, 3.05) is 19.6 Å². The first-order valence-electron chi connectivity index (χ1n) is 7.69. The minimum absolute atomic E-state index is 0.0213. The number of carbonyl (C=O) groups excluding carboxylic acids is 1. The number of benzene rings is 1. The van der Waals surface area contributed by atoms with E-state index in [1.165, 1.54) is 6.07 Å². The average molecular weight is 300 g/mol. The van der Waals surface area contributed by atoms with Crippen LogP contribution in [-0.2, 0) is 11.3 Å². The molecule has 4 rings (SSSR count). The third-order valence-corrected chi connectivity index (χ3v) is 4.84. The molecule has 1 saturated heterocycles. The Morgan fingerprint density at radius 3 is 2.59 bits per heavy atom. The predicted octanol–water partition coefficient (Wildman–Crippen LogP) is 1.90. The summed E-state index contributed by atoms with van der Waals surface area (Å²) in [5.41, 5.74) is 1.33. The normalized spacial score (nSPS) is 21.7. The van der Waals surface area contributed by atoms with E-state index in [9.17, 15) is 14.0 Å². The van der Waals surface area contributed by atoms with Crippen LogP contribution in [0.1, 0.15) is 24.3 Å². The average Bonchev–Trinajstić information content (AvgIpc) is 2.89. The van der Waals surface area contributed by atoms with Gasteiger partial charge in [0, 0.05) is 56.6 Å². The number of pyridine rings is 1. The number of halogens is 1. The molecule has 114 valence electrons. The number of nitrogens with zero attached hydrogens (tertiary/aromatic N) is 2. The van der Waals surface area contributed by atoms with Gasteiger partial charge in [0.25, 0.3) is 5.56 Å². The Morgan fingerprint density at radius 2 is 1.82 bits per heavy atom. The number of rotatable bonds is 2. The van der Waals surface area contributed by atoms with Crippen molar-refractivity contribution in [3.63, 3.8) is 0 Å². The molecule has 0 amide bonds. The van der Waals surface area contributed by atoms with Gasteiger partial charge in [-0.2, -0.15) is 0 Å². The first-order valence-corrected chi connectivity index (χ1v) is 7.69. The number of carbonyl (C=O) groups is 1. The van der Waals surface area contributed by atoms with Crippen LogP contribution in [-0.4, -0.2) is 34.9 Å². The molecule has 2 aliphatic heterocycles. The highest BCUT2D eigenvalue weighted by Crippen LogP contribution is 2.35. The highest BCUT2D eigenvalue weighted by molar-refractivity contribution is 5.84. The third kappa shape index (κ3) is 2.08. The molecule has 2 aliphatic rings. The molecule has 1 aromatic carbocycles. The van der Waals surface area contributed by atoms with E-state index in [4.69, 9.17) is 0 Å². The van der Waals surface area contributed by atoms with E-state index in [-0.39, 0.29) is 17.3 Å². The van der Waals surface area contributed by atoms with Crippen LogP contribution in [0, 0.1) is 5.82 Å². The summed E-state index contributed by atoms with van der Waals surface area (Å²) in [5.74, 6) is 0.0462. The van der Waals surface area contributed by atoms with Crippen LogP contribution in [0.15, 0.2) is 29.1 Å². The number of aromatic nitrogens is 1. The summed E-state index contributed by atoms with van der Waals surface area (Å²) in [7, 11) is 0. The van der Waals surface area contributed by atoms with E-state index in [0.717, 1.165) is 24.0 Å². The maximum Gasteiger partial charge on any atom is 0.251 e. The van der Waals surface area contributed by atoms with Gasteiger partial charge in [-0.1, -0.05) is 0 Å². The van der Waals surface area contributed by atoms with Crippen LogP contribution >= 0.6 is 0 Å². The molecule has 1 atom stereocenters. The number of piperidine rings is 1. The summed E-state index contributed by atoms with van der Waals surface area (Å²) in [5, 5.41) is 0.910. The zero-order chi connectivity index (χ0) is 15.3. The molecule has 1 fully saturated rings. The molecular formula is C17H17FN2O2. The molecule has 3 heterocycles. The van der Waals surface area contributed by atoms with Crippen molar-refractivity contribution in [1.82, 2.24) is 9.47 Å². The zero-order valence-electron chi connectivity index (χ0n) is 12.2. The molecule has 0 N–H and O–H groups in total. The highest BCUT2D eigenvalue weighted by Gasteiger charge is 2.30. The Hall–Kier alpha value is -2.01. The molecule has 0 radical (unpaired) electrons. The Labute approximate surface area is 127 Å². The van der Waals surface area contributed by atoms with Gasteiger partial charge in [-0.25, -0.2) is 4.39 Å². The summed E-state index contributed by atoms with van der Waals surface area (Å²) in [6, 6.07) is 6.53. The summed E-state index contributed by atoms with van der Waals surface area (Å²) in [6.07, 6.45) is 1.15. The van der Waals surface area contributed by atoms with Gasteiger partial charge in [0.2, 0.25) is 0 Å². The van der Waals surface area contributed by atoms with E-state index < -0.39 is 0 Å². The van der Waals surface area contributed by atoms with Crippen molar-refractivity contribution in [1.29, 1.82) is 0 Å². The van der Waals surface area contributed by atoms with E-state index in [0.29, 0.717) is 37.3 Å². The molecule has 2 aromatic rings. The van der Waals surface area contributed by atoms with E-state index in [1.807, 2.05) is 0 Å². The molecule has 1 unspecified atom stereocenters. The molecule has 4 nitrogen and oxygen atoms in total. The van der Waals surface area contributed by atoms with Crippen LogP contribution < -0.4 is 5.56 Å². The van der Waals surface area contributed by atoms with Gasteiger partial charge in [0.15, 0.2) is 0 Å². The Morgan fingerprint density at radius 1 is 1.09 bits per heavy atom. The van der Waals surface area contributed by atoms with Gasteiger partial charge in [0.05, 0.1) is 5.52 Å². The zero-order valence-corrected chi connectivity index (χ0v) is 12.2. The molecule has 1 aromatic heterocycles. The smallest absolute Gasteiger partial charge is 0.251 e. The van der Waals surface area contributed by atoms with Crippen molar-refractivity contribution >= 4 is 16.7 Å². The predicted molar refractivity (Wildman–Crippen MR) is 81.6 cm³/mol. The lowest BCUT2D eigenvalue weighted by Gasteiger charge is -2.28. The summed E-state index contributed by atoms with van der Waals surface area (Å²) >= 11 is 0. The topological polar surface area (TPSA) is 42.3 Å². The minimum Gasteiger partial charge on any atom is -0.307 e. The van der Waals surface area contributed by atoms with Crippen LogP contribution in [0.5, 0.6) is 0 Å². The Balaban J connectivity index is 1.71. The summed E-state index contributed by atoms with van der Waals surface area (Å²) in [4.78, 5) is 25.6. The van der Waals surface area contributed by atoms with Gasteiger partial charge in [-0.3, -0.25) is 9.59 Å². The second-order valence-corrected chi connectivity index (χ2v) is 6.22. The first kappa shape index (κ1) is 13.6. The second-order valence-electron chi connectivity index (χ2n) is 6.22. The fourth-order valence-corrected chi connectivity index (χ4v) is 3.72.